The van der Waals surface area contributed by atoms with Gasteiger partial charge in [0.1, 0.15) is 0 Å². The van der Waals surface area contributed by atoms with Crippen LogP contribution in [0.25, 0.3) is 6.20 Å². The SMILES string of the molecule is C=Cn1cc(CNC2C(C)(C)C2(C)C)cn1. The highest BCUT2D eigenvalue weighted by Gasteiger charge is 2.64. The van der Waals surface area contributed by atoms with Gasteiger partial charge in [0.2, 0.25) is 0 Å². The fourth-order valence-electron chi connectivity index (χ4n) is 2.50. The van der Waals surface area contributed by atoms with E-state index in [1.165, 1.54) is 5.56 Å². The Bertz CT molecular complexity index is 387. The van der Waals surface area contributed by atoms with Gasteiger partial charge in [-0.05, 0) is 10.8 Å². The first-order valence-corrected chi connectivity index (χ1v) is 5.78. The molecule has 1 aliphatic carbocycles. The fraction of sp³-hybridized carbons (Fsp3) is 0.615. The highest BCUT2D eigenvalue weighted by Crippen LogP contribution is 2.62. The number of aromatic nitrogens is 2. The van der Waals surface area contributed by atoms with E-state index in [0.29, 0.717) is 16.9 Å². The number of hydrogen-bond acceptors (Lipinski definition) is 2. The maximum Gasteiger partial charge on any atom is 0.0538 e. The second-order valence-electron chi connectivity index (χ2n) is 5.77. The van der Waals surface area contributed by atoms with E-state index in [1.807, 2.05) is 12.4 Å². The lowest BCUT2D eigenvalue weighted by molar-refractivity contribution is 0.457. The minimum atomic E-state index is 0.390. The molecule has 2 rings (SSSR count). The molecule has 0 spiro atoms. The Kier molecular flexibility index (Phi) is 2.46. The van der Waals surface area contributed by atoms with Gasteiger partial charge in [-0.25, -0.2) is 4.68 Å². The first kappa shape index (κ1) is 11.4. The molecule has 1 aromatic rings. The average Bonchev–Trinajstić information content (AvgIpc) is 2.60. The summed E-state index contributed by atoms with van der Waals surface area (Å²) in [4.78, 5) is 0. The molecule has 0 amide bonds. The summed E-state index contributed by atoms with van der Waals surface area (Å²) in [6.07, 6.45) is 5.59. The Labute approximate surface area is 97.5 Å². The number of nitrogens with one attached hydrogen (secondary N) is 1. The smallest absolute Gasteiger partial charge is 0.0538 e. The van der Waals surface area contributed by atoms with E-state index in [2.05, 4.69) is 44.7 Å². The van der Waals surface area contributed by atoms with E-state index in [1.54, 1.807) is 10.9 Å². The first-order valence-electron chi connectivity index (χ1n) is 5.78. The molecule has 0 aromatic carbocycles. The summed E-state index contributed by atoms with van der Waals surface area (Å²) in [7, 11) is 0. The lowest BCUT2D eigenvalue weighted by atomic mass is 10.0. The Balaban J connectivity index is 1.92. The van der Waals surface area contributed by atoms with Crippen molar-refractivity contribution in [3.63, 3.8) is 0 Å². The molecule has 1 N–H and O–H groups in total. The van der Waals surface area contributed by atoms with E-state index in [9.17, 15) is 0 Å². The number of nitrogens with zero attached hydrogens (tertiary/aromatic N) is 2. The third-order valence-corrected chi connectivity index (χ3v) is 4.37. The molecule has 1 fully saturated rings. The molecule has 1 aromatic heterocycles. The molecule has 16 heavy (non-hydrogen) atoms. The lowest BCUT2D eigenvalue weighted by Crippen LogP contribution is -2.21. The molecule has 3 heteroatoms. The van der Waals surface area contributed by atoms with Crippen LogP contribution in [-0.4, -0.2) is 15.8 Å². The summed E-state index contributed by atoms with van der Waals surface area (Å²) in [6.45, 7) is 13.8. The Morgan fingerprint density at radius 2 is 2.06 bits per heavy atom. The topological polar surface area (TPSA) is 29.9 Å². The predicted molar refractivity (Wildman–Crippen MR) is 66.8 cm³/mol. The van der Waals surface area contributed by atoms with Crippen LogP contribution in [0.4, 0.5) is 0 Å². The van der Waals surface area contributed by atoms with Crippen molar-refractivity contribution < 1.29 is 0 Å². The van der Waals surface area contributed by atoms with Gasteiger partial charge in [-0.3, -0.25) is 0 Å². The second kappa shape index (κ2) is 3.45. The van der Waals surface area contributed by atoms with Gasteiger partial charge in [0, 0.05) is 30.5 Å². The maximum absolute atomic E-state index is 4.16. The summed E-state index contributed by atoms with van der Waals surface area (Å²) >= 11 is 0. The molecular weight excluding hydrogens is 198 g/mol. The standard InChI is InChI=1S/C13H21N3/c1-6-16-9-10(8-15-16)7-14-11-12(2,3)13(11,4)5/h6,8-9,11,14H,1,7H2,2-5H3. The monoisotopic (exact) mass is 219 g/mol. The highest BCUT2D eigenvalue weighted by atomic mass is 15.2. The van der Waals surface area contributed by atoms with Gasteiger partial charge in [-0.2, -0.15) is 5.10 Å². The zero-order chi connectivity index (χ0) is 12.0. The number of hydrogen-bond donors (Lipinski definition) is 1. The summed E-state index contributed by atoms with van der Waals surface area (Å²) in [6, 6.07) is 0.590. The summed E-state index contributed by atoms with van der Waals surface area (Å²) in [5.41, 5.74) is 1.99. The molecule has 0 unspecified atom stereocenters. The van der Waals surface area contributed by atoms with Crippen LogP contribution in [0, 0.1) is 10.8 Å². The fourth-order valence-corrected chi connectivity index (χ4v) is 2.50. The largest absolute Gasteiger partial charge is 0.309 e. The van der Waals surface area contributed by atoms with Crippen LogP contribution in [0.5, 0.6) is 0 Å². The van der Waals surface area contributed by atoms with E-state index >= 15 is 0 Å². The molecule has 0 aliphatic heterocycles. The van der Waals surface area contributed by atoms with Gasteiger partial charge in [0.05, 0.1) is 6.20 Å². The average molecular weight is 219 g/mol. The molecule has 0 bridgehead atoms. The van der Waals surface area contributed by atoms with E-state index < -0.39 is 0 Å². The van der Waals surface area contributed by atoms with Crippen molar-refractivity contribution in [3.05, 3.63) is 24.5 Å². The van der Waals surface area contributed by atoms with Crippen molar-refractivity contribution in [2.24, 2.45) is 10.8 Å². The summed E-state index contributed by atoms with van der Waals surface area (Å²) in [5.74, 6) is 0. The number of rotatable bonds is 4. The van der Waals surface area contributed by atoms with Crippen molar-refractivity contribution in [2.75, 3.05) is 0 Å². The Hall–Kier alpha value is -1.09. The van der Waals surface area contributed by atoms with Gasteiger partial charge in [-0.1, -0.05) is 34.3 Å². The molecule has 3 nitrogen and oxygen atoms in total. The van der Waals surface area contributed by atoms with Crippen molar-refractivity contribution >= 4 is 6.20 Å². The highest BCUT2D eigenvalue weighted by molar-refractivity contribution is 5.20. The van der Waals surface area contributed by atoms with Crippen LogP contribution in [-0.2, 0) is 6.54 Å². The normalized spacial score (nSPS) is 22.0. The van der Waals surface area contributed by atoms with Gasteiger partial charge in [0.15, 0.2) is 0 Å². The van der Waals surface area contributed by atoms with Crippen LogP contribution in [0.3, 0.4) is 0 Å². The Morgan fingerprint density at radius 1 is 1.44 bits per heavy atom. The molecule has 1 aliphatic rings. The zero-order valence-electron chi connectivity index (χ0n) is 10.6. The first-order chi connectivity index (χ1) is 7.39. The van der Waals surface area contributed by atoms with Gasteiger partial charge in [-0.15, -0.1) is 0 Å². The summed E-state index contributed by atoms with van der Waals surface area (Å²) in [5, 5.41) is 7.77. The van der Waals surface area contributed by atoms with Crippen LogP contribution in [0.2, 0.25) is 0 Å². The van der Waals surface area contributed by atoms with Crippen LogP contribution in [0.15, 0.2) is 19.0 Å². The zero-order valence-corrected chi connectivity index (χ0v) is 10.6. The van der Waals surface area contributed by atoms with Crippen molar-refractivity contribution in [1.29, 1.82) is 0 Å². The van der Waals surface area contributed by atoms with Crippen molar-refractivity contribution in [1.82, 2.24) is 15.1 Å². The Morgan fingerprint density at radius 3 is 2.50 bits per heavy atom. The molecular formula is C13H21N3. The van der Waals surface area contributed by atoms with Crippen LogP contribution >= 0.6 is 0 Å². The predicted octanol–water partition coefficient (Wildman–Crippen LogP) is 2.51. The minimum Gasteiger partial charge on any atom is -0.309 e. The lowest BCUT2D eigenvalue weighted by Gasteiger charge is -2.03. The van der Waals surface area contributed by atoms with Gasteiger partial charge < -0.3 is 5.32 Å². The molecule has 0 radical (unpaired) electrons. The molecule has 1 heterocycles. The quantitative estimate of drug-likeness (QED) is 0.843. The second-order valence-corrected chi connectivity index (χ2v) is 5.77. The molecule has 0 atom stereocenters. The van der Waals surface area contributed by atoms with E-state index in [-0.39, 0.29) is 0 Å². The van der Waals surface area contributed by atoms with E-state index in [4.69, 9.17) is 0 Å². The van der Waals surface area contributed by atoms with Crippen molar-refractivity contribution in [3.8, 4) is 0 Å². The minimum absolute atomic E-state index is 0.390. The summed E-state index contributed by atoms with van der Waals surface area (Å²) < 4.78 is 1.74. The molecule has 88 valence electrons. The third kappa shape index (κ3) is 1.59. The van der Waals surface area contributed by atoms with Crippen LogP contribution in [0.1, 0.15) is 33.3 Å². The molecule has 0 saturated heterocycles. The van der Waals surface area contributed by atoms with Crippen LogP contribution < -0.4 is 5.32 Å². The third-order valence-electron chi connectivity index (χ3n) is 4.37. The van der Waals surface area contributed by atoms with Gasteiger partial charge in [0.25, 0.3) is 0 Å². The maximum atomic E-state index is 4.16. The van der Waals surface area contributed by atoms with E-state index in [0.717, 1.165) is 6.54 Å². The van der Waals surface area contributed by atoms with Crippen molar-refractivity contribution in [2.45, 2.75) is 40.3 Å². The van der Waals surface area contributed by atoms with Gasteiger partial charge >= 0.3 is 0 Å². The molecule has 1 saturated carbocycles.